The largest absolute Gasteiger partial charge is 0.424 e. The summed E-state index contributed by atoms with van der Waals surface area (Å²) >= 11 is 0. The van der Waals surface area contributed by atoms with Gasteiger partial charge in [0.1, 0.15) is 0 Å². The second-order valence-electron chi connectivity index (χ2n) is 2.38. The van der Waals surface area contributed by atoms with Gasteiger partial charge in [-0.1, -0.05) is 0 Å². The van der Waals surface area contributed by atoms with Crippen molar-refractivity contribution in [2.24, 2.45) is 27.9 Å². The molecule has 1 atom stereocenters. The Hall–Kier alpha value is -1.50. The van der Waals surface area contributed by atoms with Crippen LogP contribution < -0.4 is 22.9 Å². The molecule has 1 amide bonds. The second kappa shape index (κ2) is 6.06. The Labute approximate surface area is 76.1 Å². The van der Waals surface area contributed by atoms with Gasteiger partial charge in [0.15, 0.2) is 12.2 Å². The van der Waals surface area contributed by atoms with Crippen LogP contribution in [0.4, 0.5) is 4.79 Å². The Morgan fingerprint density at radius 3 is 2.38 bits per heavy atom. The molecule has 7 nitrogen and oxygen atoms in total. The molecule has 0 bridgehead atoms. The zero-order valence-corrected chi connectivity index (χ0v) is 7.27. The van der Waals surface area contributed by atoms with Gasteiger partial charge >= 0.3 is 6.09 Å². The monoisotopic (exact) mass is 189 g/mol. The predicted octanol–water partition coefficient (Wildman–Crippen LogP) is -1.58. The summed E-state index contributed by atoms with van der Waals surface area (Å²) < 4.78 is 4.60. The van der Waals surface area contributed by atoms with Crippen LogP contribution in [0.2, 0.25) is 0 Å². The number of guanidine groups is 1. The molecule has 0 heterocycles. The van der Waals surface area contributed by atoms with E-state index in [4.69, 9.17) is 22.9 Å². The number of rotatable bonds is 5. The first-order chi connectivity index (χ1) is 6.06. The molecule has 1 unspecified atom stereocenters. The summed E-state index contributed by atoms with van der Waals surface area (Å²) in [4.78, 5) is 14.0. The zero-order valence-electron chi connectivity index (χ0n) is 7.27. The van der Waals surface area contributed by atoms with Gasteiger partial charge < -0.3 is 27.7 Å². The molecule has 0 radical (unpaired) electrons. The van der Waals surface area contributed by atoms with Gasteiger partial charge in [-0.2, -0.15) is 0 Å². The molecule has 0 aromatic rings. The topological polar surface area (TPSA) is 143 Å². The van der Waals surface area contributed by atoms with Crippen molar-refractivity contribution < 1.29 is 9.53 Å². The quantitative estimate of drug-likeness (QED) is 0.305. The van der Waals surface area contributed by atoms with Gasteiger partial charge in [-0.15, -0.1) is 0 Å². The maximum atomic E-state index is 10.4. The Balaban J connectivity index is 4.03. The SMILES string of the molecule is NCCCC(N=C(N)N)OC(N)=O. The smallest absolute Gasteiger partial charge is 0.406 e. The van der Waals surface area contributed by atoms with Crippen molar-refractivity contribution in [2.75, 3.05) is 6.54 Å². The number of carbonyl (C=O) groups is 1. The van der Waals surface area contributed by atoms with E-state index in [1.54, 1.807) is 0 Å². The lowest BCUT2D eigenvalue weighted by atomic mass is 10.3. The second-order valence-corrected chi connectivity index (χ2v) is 2.38. The fourth-order valence-corrected chi connectivity index (χ4v) is 0.743. The summed E-state index contributed by atoms with van der Waals surface area (Å²) in [6.07, 6.45) is -0.537. The summed E-state index contributed by atoms with van der Waals surface area (Å²) in [5.74, 6) is -0.150. The summed E-state index contributed by atoms with van der Waals surface area (Å²) in [5, 5.41) is 0. The maximum absolute atomic E-state index is 10.4. The van der Waals surface area contributed by atoms with Crippen LogP contribution in [0.15, 0.2) is 4.99 Å². The van der Waals surface area contributed by atoms with E-state index < -0.39 is 12.3 Å². The third-order valence-electron chi connectivity index (χ3n) is 1.20. The number of aliphatic imine (C=N–C) groups is 1. The van der Waals surface area contributed by atoms with E-state index in [-0.39, 0.29) is 5.96 Å². The molecule has 0 aliphatic carbocycles. The van der Waals surface area contributed by atoms with Crippen molar-refractivity contribution >= 4 is 12.1 Å². The number of nitrogens with zero attached hydrogens (tertiary/aromatic N) is 1. The standard InChI is InChI=1S/C6H15N5O2/c7-3-1-2-4(11-5(8)9)13-6(10)12/h4H,1-3,7H2,(H2,10,12)(H4,8,9,11). The van der Waals surface area contributed by atoms with Gasteiger partial charge in [-0.3, -0.25) is 0 Å². The summed E-state index contributed by atoms with van der Waals surface area (Å²) in [6, 6.07) is 0. The fourth-order valence-electron chi connectivity index (χ4n) is 0.743. The lowest BCUT2D eigenvalue weighted by Crippen LogP contribution is -2.29. The number of hydrogen-bond acceptors (Lipinski definition) is 4. The normalized spacial score (nSPS) is 11.8. The molecule has 0 aromatic heterocycles. The number of ether oxygens (including phenoxy) is 1. The minimum atomic E-state index is -0.910. The van der Waals surface area contributed by atoms with E-state index in [9.17, 15) is 4.79 Å². The first kappa shape index (κ1) is 11.5. The highest BCUT2D eigenvalue weighted by Gasteiger charge is 2.09. The molecule has 76 valence electrons. The molecular weight excluding hydrogens is 174 g/mol. The van der Waals surface area contributed by atoms with Gasteiger partial charge in [0.2, 0.25) is 0 Å². The minimum absolute atomic E-state index is 0.150. The van der Waals surface area contributed by atoms with Gasteiger partial charge in [-0.05, 0) is 13.0 Å². The van der Waals surface area contributed by atoms with E-state index >= 15 is 0 Å². The highest BCUT2D eigenvalue weighted by molar-refractivity contribution is 5.76. The average molecular weight is 189 g/mol. The lowest BCUT2D eigenvalue weighted by Gasteiger charge is -2.11. The van der Waals surface area contributed by atoms with Crippen molar-refractivity contribution in [3.05, 3.63) is 0 Å². The van der Waals surface area contributed by atoms with E-state index in [2.05, 4.69) is 9.73 Å². The van der Waals surface area contributed by atoms with E-state index in [0.29, 0.717) is 19.4 Å². The van der Waals surface area contributed by atoms with Crippen LogP contribution in [0.5, 0.6) is 0 Å². The molecule has 0 aliphatic heterocycles. The third kappa shape index (κ3) is 6.88. The molecule has 0 spiro atoms. The molecule has 0 saturated heterocycles. The van der Waals surface area contributed by atoms with Gasteiger partial charge in [0, 0.05) is 6.42 Å². The Kier molecular flexibility index (Phi) is 5.37. The summed E-state index contributed by atoms with van der Waals surface area (Å²) in [7, 11) is 0. The number of amides is 1. The van der Waals surface area contributed by atoms with Crippen molar-refractivity contribution in [2.45, 2.75) is 19.1 Å². The van der Waals surface area contributed by atoms with Crippen LogP contribution in [0.1, 0.15) is 12.8 Å². The molecular formula is C6H15N5O2. The number of nitrogens with two attached hydrogens (primary N) is 4. The van der Waals surface area contributed by atoms with Crippen molar-refractivity contribution in [1.29, 1.82) is 0 Å². The molecule has 8 N–H and O–H groups in total. The van der Waals surface area contributed by atoms with Crippen LogP contribution in [-0.2, 0) is 4.74 Å². The van der Waals surface area contributed by atoms with Crippen LogP contribution in [0.3, 0.4) is 0 Å². The number of primary amides is 1. The van der Waals surface area contributed by atoms with Crippen LogP contribution >= 0.6 is 0 Å². The minimum Gasteiger partial charge on any atom is -0.424 e. The van der Waals surface area contributed by atoms with Crippen LogP contribution in [0, 0.1) is 0 Å². The van der Waals surface area contributed by atoms with Gasteiger partial charge in [0.05, 0.1) is 0 Å². The van der Waals surface area contributed by atoms with Crippen molar-refractivity contribution in [1.82, 2.24) is 0 Å². The van der Waals surface area contributed by atoms with Crippen molar-refractivity contribution in [3.63, 3.8) is 0 Å². The van der Waals surface area contributed by atoms with Crippen molar-refractivity contribution in [3.8, 4) is 0 Å². The van der Waals surface area contributed by atoms with Crippen LogP contribution in [-0.4, -0.2) is 24.8 Å². The molecule has 0 aromatic carbocycles. The van der Waals surface area contributed by atoms with E-state index in [1.807, 2.05) is 0 Å². The summed E-state index contributed by atoms with van der Waals surface area (Å²) in [6.45, 7) is 0.471. The fraction of sp³-hybridized carbons (Fsp3) is 0.667. The first-order valence-corrected chi connectivity index (χ1v) is 3.81. The highest BCUT2D eigenvalue weighted by Crippen LogP contribution is 2.02. The third-order valence-corrected chi connectivity index (χ3v) is 1.20. The number of carbonyl (C=O) groups excluding carboxylic acids is 1. The van der Waals surface area contributed by atoms with Crippen LogP contribution in [0.25, 0.3) is 0 Å². The predicted molar refractivity (Wildman–Crippen MR) is 48.6 cm³/mol. The molecule has 0 saturated carbocycles. The zero-order chi connectivity index (χ0) is 10.3. The Bertz CT molecular complexity index is 189. The molecule has 13 heavy (non-hydrogen) atoms. The van der Waals surface area contributed by atoms with E-state index in [0.717, 1.165) is 0 Å². The number of hydrogen-bond donors (Lipinski definition) is 4. The molecule has 0 fully saturated rings. The molecule has 7 heteroatoms. The van der Waals surface area contributed by atoms with E-state index in [1.165, 1.54) is 0 Å². The highest BCUT2D eigenvalue weighted by atomic mass is 16.6. The van der Waals surface area contributed by atoms with Gasteiger partial charge in [-0.25, -0.2) is 9.79 Å². The molecule has 0 rings (SSSR count). The average Bonchev–Trinajstić information content (AvgIpc) is 1.98. The molecule has 0 aliphatic rings. The Morgan fingerprint density at radius 2 is 2.00 bits per heavy atom. The Morgan fingerprint density at radius 1 is 1.38 bits per heavy atom. The lowest BCUT2D eigenvalue weighted by molar-refractivity contribution is 0.105. The van der Waals surface area contributed by atoms with Gasteiger partial charge in [0.25, 0.3) is 0 Å². The summed E-state index contributed by atoms with van der Waals surface area (Å²) in [5.41, 5.74) is 20.3. The maximum Gasteiger partial charge on any atom is 0.406 e. The first-order valence-electron chi connectivity index (χ1n) is 3.81.